The van der Waals surface area contributed by atoms with Crippen molar-refractivity contribution in [1.82, 2.24) is 15.1 Å². The minimum absolute atomic E-state index is 0. The maximum atomic E-state index is 12.9. The molecular formula is C20H33Cl2N3O. The van der Waals surface area contributed by atoms with Gasteiger partial charge in [0.2, 0.25) is 5.91 Å². The van der Waals surface area contributed by atoms with Crippen molar-refractivity contribution >= 4 is 30.7 Å². The largest absolute Gasteiger partial charge is 0.338 e. The molecule has 0 bridgehead atoms. The number of hydrogen-bond acceptors (Lipinski definition) is 3. The smallest absolute Gasteiger partial charge is 0.226 e. The second-order valence-corrected chi connectivity index (χ2v) is 7.36. The molecule has 3 unspecified atom stereocenters. The van der Waals surface area contributed by atoms with E-state index in [9.17, 15) is 4.79 Å². The first-order valence-electron chi connectivity index (χ1n) is 9.42. The molecule has 1 amide bonds. The Labute approximate surface area is 170 Å². The normalized spacial score (nSPS) is 22.5. The van der Waals surface area contributed by atoms with Crippen molar-refractivity contribution in [2.75, 3.05) is 32.7 Å². The van der Waals surface area contributed by atoms with Gasteiger partial charge >= 0.3 is 0 Å². The molecule has 26 heavy (non-hydrogen) atoms. The zero-order chi connectivity index (χ0) is 17.1. The number of nitrogens with one attached hydrogen (secondary N) is 1. The second-order valence-electron chi connectivity index (χ2n) is 7.36. The van der Waals surface area contributed by atoms with Gasteiger partial charge in [0.1, 0.15) is 0 Å². The zero-order valence-corrected chi connectivity index (χ0v) is 17.7. The molecule has 1 N–H and O–H groups in total. The van der Waals surface area contributed by atoms with E-state index in [1.54, 1.807) is 0 Å². The highest BCUT2D eigenvalue weighted by Crippen LogP contribution is 2.28. The van der Waals surface area contributed by atoms with E-state index in [1.807, 2.05) is 0 Å². The first-order valence-corrected chi connectivity index (χ1v) is 9.42. The Morgan fingerprint density at radius 1 is 1.23 bits per heavy atom. The molecule has 0 aliphatic carbocycles. The minimum Gasteiger partial charge on any atom is -0.338 e. The third kappa shape index (κ3) is 4.92. The van der Waals surface area contributed by atoms with E-state index in [0.717, 1.165) is 39.1 Å². The summed E-state index contributed by atoms with van der Waals surface area (Å²) in [5.41, 5.74) is 1.36. The fraction of sp³-hybridized carbons (Fsp3) is 0.650. The molecule has 2 heterocycles. The van der Waals surface area contributed by atoms with Gasteiger partial charge in [0, 0.05) is 37.6 Å². The predicted molar refractivity (Wildman–Crippen MR) is 112 cm³/mol. The van der Waals surface area contributed by atoms with Crippen LogP contribution < -0.4 is 5.32 Å². The van der Waals surface area contributed by atoms with Crippen molar-refractivity contribution in [3.05, 3.63) is 35.9 Å². The van der Waals surface area contributed by atoms with Crippen LogP contribution in [-0.2, 0) is 4.79 Å². The molecule has 1 aromatic carbocycles. The molecule has 2 aliphatic heterocycles. The number of nitrogens with zero attached hydrogens (tertiary/aromatic N) is 2. The molecule has 6 heteroatoms. The van der Waals surface area contributed by atoms with Gasteiger partial charge in [-0.2, -0.15) is 0 Å². The standard InChI is InChI=1S/C20H31N3O.2ClH/c1-4-23(20(24)15(2)18-12-21-13-18)19-10-11-22(14-19)16(3)17-8-6-5-7-9-17;;/h5-9,15-16,18-19,21H,4,10-14H2,1-3H3;2*1H. The van der Waals surface area contributed by atoms with Crippen molar-refractivity contribution in [2.45, 2.75) is 39.3 Å². The average Bonchev–Trinajstić information content (AvgIpc) is 3.03. The summed E-state index contributed by atoms with van der Waals surface area (Å²) in [5, 5.41) is 3.28. The summed E-state index contributed by atoms with van der Waals surface area (Å²) >= 11 is 0. The minimum atomic E-state index is 0. The van der Waals surface area contributed by atoms with Crippen molar-refractivity contribution in [1.29, 1.82) is 0 Å². The van der Waals surface area contributed by atoms with Crippen LogP contribution in [0.2, 0.25) is 0 Å². The first-order chi connectivity index (χ1) is 11.6. The van der Waals surface area contributed by atoms with Gasteiger partial charge in [0.15, 0.2) is 0 Å². The van der Waals surface area contributed by atoms with Crippen molar-refractivity contribution < 1.29 is 4.79 Å². The lowest BCUT2D eigenvalue weighted by Gasteiger charge is -2.37. The van der Waals surface area contributed by atoms with Gasteiger partial charge in [-0.3, -0.25) is 9.69 Å². The lowest BCUT2D eigenvalue weighted by Crippen LogP contribution is -2.52. The number of amides is 1. The van der Waals surface area contributed by atoms with E-state index in [-0.39, 0.29) is 30.7 Å². The SMILES string of the molecule is CCN(C(=O)C(C)C1CNC1)C1CCN(C(C)c2ccccc2)C1.Cl.Cl. The third-order valence-electron chi connectivity index (χ3n) is 6.00. The number of halogens is 2. The maximum absolute atomic E-state index is 12.9. The molecule has 3 rings (SSSR count). The number of likely N-dealkylation sites (tertiary alicyclic amines) is 1. The van der Waals surface area contributed by atoms with Crippen LogP contribution >= 0.6 is 24.8 Å². The molecule has 3 atom stereocenters. The summed E-state index contributed by atoms with van der Waals surface area (Å²) < 4.78 is 0. The predicted octanol–water partition coefficient (Wildman–Crippen LogP) is 3.37. The van der Waals surface area contributed by atoms with Crippen molar-refractivity contribution in [2.24, 2.45) is 11.8 Å². The second kappa shape index (κ2) is 10.5. The molecule has 0 saturated carbocycles. The fourth-order valence-electron chi connectivity index (χ4n) is 4.04. The molecule has 0 radical (unpaired) electrons. The Morgan fingerprint density at radius 3 is 2.42 bits per heavy atom. The number of carbonyl (C=O) groups excluding carboxylic acids is 1. The summed E-state index contributed by atoms with van der Waals surface area (Å²) in [5.74, 6) is 1.02. The average molecular weight is 402 g/mol. The number of hydrogen-bond donors (Lipinski definition) is 1. The van der Waals surface area contributed by atoms with E-state index in [4.69, 9.17) is 0 Å². The highest BCUT2D eigenvalue weighted by molar-refractivity contribution is 5.85. The van der Waals surface area contributed by atoms with Crippen molar-refractivity contribution in [3.63, 3.8) is 0 Å². The van der Waals surface area contributed by atoms with E-state index >= 15 is 0 Å². The Hall–Kier alpha value is -0.810. The van der Waals surface area contributed by atoms with Crippen molar-refractivity contribution in [3.8, 4) is 0 Å². The van der Waals surface area contributed by atoms with Crippen LogP contribution in [0, 0.1) is 11.8 Å². The molecule has 4 nitrogen and oxygen atoms in total. The van der Waals surface area contributed by atoms with E-state index in [0.29, 0.717) is 23.9 Å². The van der Waals surface area contributed by atoms with Gasteiger partial charge in [-0.25, -0.2) is 0 Å². The summed E-state index contributed by atoms with van der Waals surface area (Å²) in [7, 11) is 0. The molecule has 0 aromatic heterocycles. The van der Waals surface area contributed by atoms with Gasteiger partial charge < -0.3 is 10.2 Å². The number of carbonyl (C=O) groups is 1. The van der Waals surface area contributed by atoms with Gasteiger partial charge in [-0.15, -0.1) is 24.8 Å². The Bertz CT molecular complexity index is 553. The molecule has 2 aliphatic rings. The first kappa shape index (κ1) is 23.2. The Balaban J connectivity index is 0.00000169. The highest BCUT2D eigenvalue weighted by Gasteiger charge is 2.37. The molecular weight excluding hydrogens is 369 g/mol. The summed E-state index contributed by atoms with van der Waals surface area (Å²) in [6, 6.07) is 11.5. The number of rotatable bonds is 6. The van der Waals surface area contributed by atoms with E-state index < -0.39 is 0 Å². The molecule has 0 spiro atoms. The van der Waals surface area contributed by atoms with Gasteiger partial charge in [-0.1, -0.05) is 37.3 Å². The fourth-order valence-corrected chi connectivity index (χ4v) is 4.04. The quantitative estimate of drug-likeness (QED) is 0.793. The monoisotopic (exact) mass is 401 g/mol. The van der Waals surface area contributed by atoms with Crippen LogP contribution in [0.25, 0.3) is 0 Å². The van der Waals surface area contributed by atoms with Crippen LogP contribution in [0.1, 0.15) is 38.8 Å². The van der Waals surface area contributed by atoms with Gasteiger partial charge in [0.25, 0.3) is 0 Å². The topological polar surface area (TPSA) is 35.6 Å². The number of likely N-dealkylation sites (N-methyl/N-ethyl adjacent to an activating group) is 1. The molecule has 148 valence electrons. The van der Waals surface area contributed by atoms with Crippen LogP contribution in [0.15, 0.2) is 30.3 Å². The Morgan fingerprint density at radius 2 is 1.88 bits per heavy atom. The maximum Gasteiger partial charge on any atom is 0.226 e. The van der Waals surface area contributed by atoms with E-state index in [1.165, 1.54) is 5.56 Å². The molecule has 1 aromatic rings. The van der Waals surface area contributed by atoms with Gasteiger partial charge in [0.05, 0.1) is 0 Å². The Kier molecular flexibility index (Phi) is 9.39. The van der Waals surface area contributed by atoms with Crippen LogP contribution in [0.3, 0.4) is 0 Å². The van der Waals surface area contributed by atoms with E-state index in [2.05, 4.69) is 66.2 Å². The van der Waals surface area contributed by atoms with Crippen LogP contribution in [0.5, 0.6) is 0 Å². The molecule has 2 saturated heterocycles. The zero-order valence-electron chi connectivity index (χ0n) is 16.1. The lowest BCUT2D eigenvalue weighted by atomic mass is 9.87. The summed E-state index contributed by atoms with van der Waals surface area (Å²) in [6.07, 6.45) is 1.09. The van der Waals surface area contributed by atoms with Gasteiger partial charge in [-0.05, 0) is 44.8 Å². The third-order valence-corrected chi connectivity index (χ3v) is 6.00. The summed E-state index contributed by atoms with van der Waals surface area (Å²) in [4.78, 5) is 17.6. The van der Waals surface area contributed by atoms with Crippen LogP contribution in [0.4, 0.5) is 0 Å². The van der Waals surface area contributed by atoms with Crippen LogP contribution in [-0.4, -0.2) is 54.5 Å². The lowest BCUT2D eigenvalue weighted by molar-refractivity contribution is -0.139. The number of benzene rings is 1. The highest BCUT2D eigenvalue weighted by atomic mass is 35.5. The molecule has 2 fully saturated rings. The summed E-state index contributed by atoms with van der Waals surface area (Å²) in [6.45, 7) is 11.4.